The van der Waals surface area contributed by atoms with Crippen molar-refractivity contribution >= 4 is 5.91 Å². The zero-order valence-corrected chi connectivity index (χ0v) is 28.1. The summed E-state index contributed by atoms with van der Waals surface area (Å²) in [5.74, 6) is -0.0363. The molecule has 2 atom stereocenters. The van der Waals surface area contributed by atoms with Gasteiger partial charge in [0, 0.05) is 6.42 Å². The van der Waals surface area contributed by atoms with Crippen LogP contribution in [0.1, 0.15) is 213 Å². The quantitative estimate of drug-likeness (QED) is 0.0662. The fourth-order valence-electron chi connectivity index (χ4n) is 5.95. The highest BCUT2D eigenvalue weighted by Gasteiger charge is 2.19. The van der Waals surface area contributed by atoms with E-state index >= 15 is 0 Å². The van der Waals surface area contributed by atoms with Gasteiger partial charge in [0.05, 0.1) is 18.8 Å². The maximum atomic E-state index is 12.2. The SMILES string of the molecule is CCCCCCCCCCCCCCCCCCCCCCCCCCCC(=O)NC(CO)C(O)CCCCCC. The molecule has 0 spiro atoms. The van der Waals surface area contributed by atoms with Gasteiger partial charge in [-0.25, -0.2) is 0 Å². The van der Waals surface area contributed by atoms with Crippen LogP contribution in [-0.4, -0.2) is 34.9 Å². The van der Waals surface area contributed by atoms with Crippen LogP contribution >= 0.6 is 0 Å². The number of carbonyl (C=O) groups is 1. The third-order valence-corrected chi connectivity index (χ3v) is 8.87. The first-order chi connectivity index (χ1) is 20.2. The molecular weight excluding hydrogens is 506 g/mol. The van der Waals surface area contributed by atoms with Crippen LogP contribution in [0.5, 0.6) is 0 Å². The average Bonchev–Trinajstić information content (AvgIpc) is 2.98. The predicted molar refractivity (Wildman–Crippen MR) is 179 cm³/mol. The van der Waals surface area contributed by atoms with Gasteiger partial charge >= 0.3 is 0 Å². The second kappa shape index (κ2) is 33.9. The van der Waals surface area contributed by atoms with Crippen molar-refractivity contribution in [1.82, 2.24) is 5.32 Å². The van der Waals surface area contributed by atoms with Gasteiger partial charge in [0.25, 0.3) is 0 Å². The summed E-state index contributed by atoms with van der Waals surface area (Å²) in [7, 11) is 0. The number of hydrogen-bond acceptors (Lipinski definition) is 3. The van der Waals surface area contributed by atoms with E-state index in [2.05, 4.69) is 19.2 Å². The number of aliphatic hydroxyl groups excluding tert-OH is 2. The highest BCUT2D eigenvalue weighted by atomic mass is 16.3. The molecule has 4 nitrogen and oxygen atoms in total. The van der Waals surface area contributed by atoms with Gasteiger partial charge in [-0.3, -0.25) is 4.79 Å². The van der Waals surface area contributed by atoms with Crippen molar-refractivity contribution in [2.24, 2.45) is 0 Å². The summed E-state index contributed by atoms with van der Waals surface area (Å²) in [6.45, 7) is 4.26. The first kappa shape index (κ1) is 40.4. The van der Waals surface area contributed by atoms with Crippen molar-refractivity contribution in [3.8, 4) is 0 Å². The molecule has 0 aromatic carbocycles. The number of nitrogens with one attached hydrogen (secondary N) is 1. The summed E-state index contributed by atoms with van der Waals surface area (Å²) in [6.07, 6.45) is 39.3. The Morgan fingerprint density at radius 1 is 0.488 bits per heavy atom. The Kier molecular flexibility index (Phi) is 33.4. The molecule has 0 heterocycles. The monoisotopic (exact) mass is 582 g/mol. The lowest BCUT2D eigenvalue weighted by atomic mass is 10.0. The molecule has 0 saturated heterocycles. The highest BCUT2D eigenvalue weighted by molar-refractivity contribution is 5.76. The molecule has 246 valence electrons. The smallest absolute Gasteiger partial charge is 0.220 e. The minimum absolute atomic E-state index is 0.0363. The van der Waals surface area contributed by atoms with Crippen LogP contribution in [0.15, 0.2) is 0 Å². The second-order valence-corrected chi connectivity index (χ2v) is 13.0. The van der Waals surface area contributed by atoms with Crippen molar-refractivity contribution in [1.29, 1.82) is 0 Å². The van der Waals surface area contributed by atoms with E-state index in [4.69, 9.17) is 0 Å². The Morgan fingerprint density at radius 2 is 0.780 bits per heavy atom. The fraction of sp³-hybridized carbons (Fsp3) is 0.973. The number of aliphatic hydroxyl groups is 2. The van der Waals surface area contributed by atoms with Crippen LogP contribution in [0.4, 0.5) is 0 Å². The molecule has 0 aliphatic carbocycles. The molecule has 4 heteroatoms. The zero-order valence-electron chi connectivity index (χ0n) is 28.1. The molecule has 0 saturated carbocycles. The standard InChI is InChI=1S/C37H75NO3/c1-3-5-7-9-10-11-12-13-14-15-16-17-18-19-20-21-22-23-24-25-26-27-28-29-31-33-37(41)38-35(34-39)36(40)32-30-8-6-4-2/h35-36,39-40H,3-34H2,1-2H3,(H,38,41). The van der Waals surface area contributed by atoms with E-state index in [0.29, 0.717) is 12.8 Å². The Bertz CT molecular complexity index is 512. The Labute approximate surface area is 257 Å². The van der Waals surface area contributed by atoms with E-state index in [1.165, 1.54) is 154 Å². The van der Waals surface area contributed by atoms with Gasteiger partial charge in [0.15, 0.2) is 0 Å². The van der Waals surface area contributed by atoms with E-state index in [1.54, 1.807) is 0 Å². The summed E-state index contributed by atoms with van der Waals surface area (Å²) >= 11 is 0. The molecule has 0 fully saturated rings. The average molecular weight is 582 g/mol. The third kappa shape index (κ3) is 30.6. The minimum Gasteiger partial charge on any atom is -0.394 e. The molecule has 2 unspecified atom stereocenters. The van der Waals surface area contributed by atoms with Crippen molar-refractivity contribution < 1.29 is 15.0 Å². The summed E-state index contributed by atoms with van der Waals surface area (Å²) in [4.78, 5) is 12.2. The molecular formula is C37H75NO3. The number of hydrogen-bond donors (Lipinski definition) is 3. The molecule has 0 bridgehead atoms. The number of amides is 1. The molecule has 0 aliphatic rings. The molecule has 0 aromatic rings. The van der Waals surface area contributed by atoms with Crippen LogP contribution in [0.3, 0.4) is 0 Å². The molecule has 41 heavy (non-hydrogen) atoms. The molecule has 0 rings (SSSR count). The normalized spacial score (nSPS) is 13.0. The van der Waals surface area contributed by atoms with Crippen molar-refractivity contribution in [3.63, 3.8) is 0 Å². The van der Waals surface area contributed by atoms with Gasteiger partial charge in [0.2, 0.25) is 5.91 Å². The van der Waals surface area contributed by atoms with E-state index < -0.39 is 12.1 Å². The molecule has 1 amide bonds. The predicted octanol–water partition coefficient (Wildman–Crippen LogP) is 11.0. The van der Waals surface area contributed by atoms with Gasteiger partial charge in [-0.05, 0) is 12.8 Å². The lowest BCUT2D eigenvalue weighted by Crippen LogP contribution is -2.45. The van der Waals surface area contributed by atoms with Crippen molar-refractivity contribution in [3.05, 3.63) is 0 Å². The molecule has 0 radical (unpaired) electrons. The van der Waals surface area contributed by atoms with Crippen molar-refractivity contribution in [2.75, 3.05) is 6.61 Å². The first-order valence-electron chi connectivity index (χ1n) is 18.7. The second-order valence-electron chi connectivity index (χ2n) is 13.0. The van der Waals surface area contributed by atoms with E-state index in [9.17, 15) is 15.0 Å². The third-order valence-electron chi connectivity index (χ3n) is 8.87. The topological polar surface area (TPSA) is 69.6 Å². The maximum absolute atomic E-state index is 12.2. The van der Waals surface area contributed by atoms with E-state index in [0.717, 1.165) is 32.1 Å². The van der Waals surface area contributed by atoms with Crippen LogP contribution in [-0.2, 0) is 4.79 Å². The number of carbonyl (C=O) groups excluding carboxylic acids is 1. The molecule has 3 N–H and O–H groups in total. The largest absolute Gasteiger partial charge is 0.394 e. The van der Waals surface area contributed by atoms with Gasteiger partial charge < -0.3 is 15.5 Å². The molecule has 0 aromatic heterocycles. The van der Waals surface area contributed by atoms with E-state index in [1.807, 2.05) is 0 Å². The van der Waals surface area contributed by atoms with Crippen LogP contribution < -0.4 is 5.32 Å². The Morgan fingerprint density at radius 3 is 1.10 bits per heavy atom. The summed E-state index contributed by atoms with van der Waals surface area (Å²) in [5.41, 5.74) is 0. The minimum atomic E-state index is -0.648. The van der Waals surface area contributed by atoms with Gasteiger partial charge in [-0.2, -0.15) is 0 Å². The number of rotatable bonds is 34. The van der Waals surface area contributed by atoms with E-state index in [-0.39, 0.29) is 12.5 Å². The summed E-state index contributed by atoms with van der Waals surface area (Å²) in [5, 5.41) is 22.6. The zero-order chi connectivity index (χ0) is 30.1. The Hall–Kier alpha value is -0.610. The lowest BCUT2D eigenvalue weighted by Gasteiger charge is -2.22. The lowest BCUT2D eigenvalue weighted by molar-refractivity contribution is -0.123. The van der Waals surface area contributed by atoms with Crippen LogP contribution in [0.25, 0.3) is 0 Å². The maximum Gasteiger partial charge on any atom is 0.220 e. The van der Waals surface area contributed by atoms with Gasteiger partial charge in [-0.15, -0.1) is 0 Å². The van der Waals surface area contributed by atoms with Crippen LogP contribution in [0.2, 0.25) is 0 Å². The fourth-order valence-corrected chi connectivity index (χ4v) is 5.95. The van der Waals surface area contributed by atoms with Crippen molar-refractivity contribution in [2.45, 2.75) is 225 Å². The first-order valence-corrected chi connectivity index (χ1v) is 18.7. The van der Waals surface area contributed by atoms with Crippen LogP contribution in [0, 0.1) is 0 Å². The highest BCUT2D eigenvalue weighted by Crippen LogP contribution is 2.16. The van der Waals surface area contributed by atoms with Gasteiger partial charge in [-0.1, -0.05) is 194 Å². The molecule has 0 aliphatic heterocycles. The summed E-state index contributed by atoms with van der Waals surface area (Å²) in [6, 6.07) is -0.525. The summed E-state index contributed by atoms with van der Waals surface area (Å²) < 4.78 is 0. The number of unbranched alkanes of at least 4 members (excludes halogenated alkanes) is 27. The van der Waals surface area contributed by atoms with Gasteiger partial charge in [0.1, 0.15) is 0 Å². The Balaban J connectivity index is 3.31.